The Labute approximate surface area is 157 Å². The molecule has 0 bridgehead atoms. The van der Waals surface area contributed by atoms with Gasteiger partial charge in [0.05, 0.1) is 6.42 Å². The van der Waals surface area contributed by atoms with Gasteiger partial charge in [-0.05, 0) is 43.7 Å². The smallest absolute Gasteiger partial charge is 0.321 e. The SMILES string of the molecule is O=C(COC(=O)Cc1ccccc1Cl)NC(=O)NCCC1=CCCCC1. The fourth-order valence-corrected chi connectivity index (χ4v) is 2.87. The molecule has 0 saturated carbocycles. The van der Waals surface area contributed by atoms with E-state index in [1.54, 1.807) is 24.3 Å². The van der Waals surface area contributed by atoms with E-state index in [1.807, 2.05) is 0 Å². The molecule has 0 unspecified atom stereocenters. The maximum absolute atomic E-state index is 11.7. The van der Waals surface area contributed by atoms with Crippen LogP contribution in [0.1, 0.15) is 37.7 Å². The van der Waals surface area contributed by atoms with Crippen LogP contribution in [0.5, 0.6) is 0 Å². The van der Waals surface area contributed by atoms with Crippen LogP contribution < -0.4 is 10.6 Å². The van der Waals surface area contributed by atoms with Gasteiger partial charge in [0.2, 0.25) is 0 Å². The molecule has 0 heterocycles. The van der Waals surface area contributed by atoms with E-state index < -0.39 is 24.5 Å². The van der Waals surface area contributed by atoms with Gasteiger partial charge in [0, 0.05) is 11.6 Å². The van der Waals surface area contributed by atoms with Gasteiger partial charge in [0.25, 0.3) is 5.91 Å². The quantitative estimate of drug-likeness (QED) is 0.564. The zero-order valence-corrected chi connectivity index (χ0v) is 15.3. The molecular weight excluding hydrogens is 356 g/mol. The number of esters is 1. The Morgan fingerprint density at radius 3 is 2.69 bits per heavy atom. The first-order valence-corrected chi connectivity index (χ1v) is 9.07. The van der Waals surface area contributed by atoms with Gasteiger partial charge in [-0.2, -0.15) is 0 Å². The van der Waals surface area contributed by atoms with Crippen molar-refractivity contribution in [3.8, 4) is 0 Å². The van der Waals surface area contributed by atoms with Crippen molar-refractivity contribution in [3.63, 3.8) is 0 Å². The number of hydrogen-bond donors (Lipinski definition) is 2. The molecule has 26 heavy (non-hydrogen) atoms. The van der Waals surface area contributed by atoms with Gasteiger partial charge in [-0.25, -0.2) is 4.79 Å². The second-order valence-electron chi connectivity index (χ2n) is 6.09. The Bertz CT molecular complexity index is 688. The van der Waals surface area contributed by atoms with Crippen molar-refractivity contribution < 1.29 is 19.1 Å². The van der Waals surface area contributed by atoms with Crippen molar-refractivity contribution in [2.24, 2.45) is 0 Å². The molecule has 0 aliphatic heterocycles. The zero-order chi connectivity index (χ0) is 18.8. The fraction of sp³-hybridized carbons (Fsp3) is 0.421. The summed E-state index contributed by atoms with van der Waals surface area (Å²) in [5.41, 5.74) is 1.96. The minimum atomic E-state index is -0.674. The maximum atomic E-state index is 11.7. The van der Waals surface area contributed by atoms with E-state index in [2.05, 4.69) is 16.7 Å². The lowest BCUT2D eigenvalue weighted by Gasteiger charge is -2.13. The summed E-state index contributed by atoms with van der Waals surface area (Å²) in [7, 11) is 0. The van der Waals surface area contributed by atoms with Gasteiger partial charge < -0.3 is 10.1 Å². The van der Waals surface area contributed by atoms with E-state index >= 15 is 0 Å². The molecule has 0 radical (unpaired) electrons. The third-order valence-corrected chi connectivity index (χ3v) is 4.40. The van der Waals surface area contributed by atoms with E-state index in [-0.39, 0.29) is 6.42 Å². The first-order chi connectivity index (χ1) is 12.5. The van der Waals surface area contributed by atoms with Crippen LogP contribution in [0.15, 0.2) is 35.9 Å². The van der Waals surface area contributed by atoms with E-state index in [1.165, 1.54) is 18.4 Å². The molecule has 1 aromatic carbocycles. The summed E-state index contributed by atoms with van der Waals surface area (Å²) >= 11 is 5.96. The number of imide groups is 1. The molecule has 1 aliphatic rings. The molecule has 0 spiro atoms. The van der Waals surface area contributed by atoms with E-state index in [0.29, 0.717) is 17.1 Å². The number of halogens is 1. The summed E-state index contributed by atoms with van der Waals surface area (Å²) < 4.78 is 4.86. The molecule has 1 aliphatic carbocycles. The molecule has 0 aromatic heterocycles. The largest absolute Gasteiger partial charge is 0.455 e. The highest BCUT2D eigenvalue weighted by molar-refractivity contribution is 6.31. The molecular formula is C19H23ClN2O4. The summed E-state index contributed by atoms with van der Waals surface area (Å²) in [6, 6.07) is 6.31. The summed E-state index contributed by atoms with van der Waals surface area (Å²) in [5.74, 6) is -1.26. The minimum Gasteiger partial charge on any atom is -0.455 e. The molecule has 0 saturated heterocycles. The molecule has 0 atom stereocenters. The third kappa shape index (κ3) is 7.27. The Balaban J connectivity index is 1.61. The van der Waals surface area contributed by atoms with Crippen LogP contribution in [0.25, 0.3) is 0 Å². The van der Waals surface area contributed by atoms with Crippen molar-refractivity contribution in [1.82, 2.24) is 10.6 Å². The zero-order valence-electron chi connectivity index (χ0n) is 14.6. The molecule has 3 amide bonds. The van der Waals surface area contributed by atoms with Crippen LogP contribution in [0.3, 0.4) is 0 Å². The lowest BCUT2D eigenvalue weighted by molar-refractivity contribution is -0.147. The van der Waals surface area contributed by atoms with Gasteiger partial charge >= 0.3 is 12.0 Å². The number of allylic oxidation sites excluding steroid dienone is 1. The van der Waals surface area contributed by atoms with Crippen LogP contribution in [-0.4, -0.2) is 31.1 Å². The average molecular weight is 379 g/mol. The Hall–Kier alpha value is -2.34. The molecule has 0 fully saturated rings. The number of rotatable bonds is 7. The standard InChI is InChI=1S/C19H23ClN2O4/c20-16-9-5-4-8-15(16)12-18(24)26-13-17(23)22-19(25)21-11-10-14-6-2-1-3-7-14/h4-6,8-9H,1-3,7,10-13H2,(H2,21,22,23,25). The predicted molar refractivity (Wildman–Crippen MR) is 98.8 cm³/mol. The predicted octanol–water partition coefficient (Wildman–Crippen LogP) is 3.14. The van der Waals surface area contributed by atoms with E-state index in [0.717, 1.165) is 19.3 Å². The first kappa shape index (κ1) is 20.0. The van der Waals surface area contributed by atoms with Crippen LogP contribution in [-0.2, 0) is 20.7 Å². The topological polar surface area (TPSA) is 84.5 Å². The number of hydrogen-bond acceptors (Lipinski definition) is 4. The van der Waals surface area contributed by atoms with Crippen LogP contribution in [0, 0.1) is 0 Å². The van der Waals surface area contributed by atoms with Crippen LogP contribution in [0.2, 0.25) is 5.02 Å². The molecule has 7 heteroatoms. The highest BCUT2D eigenvalue weighted by Gasteiger charge is 2.12. The molecule has 6 nitrogen and oxygen atoms in total. The lowest BCUT2D eigenvalue weighted by atomic mass is 9.97. The third-order valence-electron chi connectivity index (χ3n) is 4.03. The molecule has 1 aromatic rings. The van der Waals surface area contributed by atoms with Crippen molar-refractivity contribution in [1.29, 1.82) is 0 Å². The number of ether oxygens (including phenoxy) is 1. The Morgan fingerprint density at radius 2 is 1.96 bits per heavy atom. The Morgan fingerprint density at radius 1 is 1.15 bits per heavy atom. The average Bonchev–Trinajstić information content (AvgIpc) is 2.63. The molecule has 140 valence electrons. The first-order valence-electron chi connectivity index (χ1n) is 8.69. The van der Waals surface area contributed by atoms with Crippen molar-refractivity contribution in [2.75, 3.05) is 13.2 Å². The number of carbonyl (C=O) groups is 3. The van der Waals surface area contributed by atoms with E-state index in [9.17, 15) is 14.4 Å². The number of urea groups is 1. The van der Waals surface area contributed by atoms with Gasteiger partial charge in [-0.15, -0.1) is 0 Å². The van der Waals surface area contributed by atoms with Crippen molar-refractivity contribution >= 4 is 29.5 Å². The maximum Gasteiger partial charge on any atom is 0.321 e. The molecule has 2 N–H and O–H groups in total. The van der Waals surface area contributed by atoms with Gasteiger partial charge in [0.15, 0.2) is 6.61 Å². The fourth-order valence-electron chi connectivity index (χ4n) is 2.67. The summed E-state index contributed by atoms with van der Waals surface area (Å²) in [4.78, 5) is 35.0. The number of amides is 3. The second-order valence-corrected chi connectivity index (χ2v) is 6.50. The van der Waals surface area contributed by atoms with Crippen molar-refractivity contribution in [2.45, 2.75) is 38.5 Å². The minimum absolute atomic E-state index is 0.0335. The summed E-state index contributed by atoms with van der Waals surface area (Å²) in [5, 5.41) is 5.22. The van der Waals surface area contributed by atoms with E-state index in [4.69, 9.17) is 16.3 Å². The highest BCUT2D eigenvalue weighted by Crippen LogP contribution is 2.19. The van der Waals surface area contributed by atoms with Gasteiger partial charge in [-0.1, -0.05) is 41.4 Å². The van der Waals surface area contributed by atoms with Crippen molar-refractivity contribution in [3.05, 3.63) is 46.5 Å². The number of carbonyl (C=O) groups excluding carboxylic acids is 3. The summed E-state index contributed by atoms with van der Waals surface area (Å²) in [6.45, 7) is -0.0426. The number of benzene rings is 1. The van der Waals surface area contributed by atoms with Crippen LogP contribution in [0.4, 0.5) is 4.79 Å². The van der Waals surface area contributed by atoms with Crippen LogP contribution >= 0.6 is 11.6 Å². The lowest BCUT2D eigenvalue weighted by Crippen LogP contribution is -2.41. The van der Waals surface area contributed by atoms with Gasteiger partial charge in [-0.3, -0.25) is 14.9 Å². The second kappa shape index (κ2) is 10.6. The highest BCUT2D eigenvalue weighted by atomic mass is 35.5. The monoisotopic (exact) mass is 378 g/mol. The molecule has 2 rings (SSSR count). The summed E-state index contributed by atoms with van der Waals surface area (Å²) in [6.07, 6.45) is 7.55. The number of nitrogens with one attached hydrogen (secondary N) is 2. The van der Waals surface area contributed by atoms with Gasteiger partial charge in [0.1, 0.15) is 0 Å². The normalized spacial score (nSPS) is 13.5. The Kier molecular flexibility index (Phi) is 8.15.